The average molecular weight is 285 g/mol. The van der Waals surface area contributed by atoms with Gasteiger partial charge in [0.1, 0.15) is 0 Å². The van der Waals surface area contributed by atoms with Crippen molar-refractivity contribution in [2.24, 2.45) is 7.05 Å². The highest BCUT2D eigenvalue weighted by atomic mass is 15.1. The minimum atomic E-state index is 0.967. The number of likely N-dealkylation sites (tertiary alicyclic amines) is 1. The van der Waals surface area contributed by atoms with Gasteiger partial charge in [0.2, 0.25) is 0 Å². The molecule has 1 aromatic heterocycles. The lowest BCUT2D eigenvalue weighted by atomic mass is 10.2. The van der Waals surface area contributed by atoms with Gasteiger partial charge < -0.3 is 14.8 Å². The Kier molecular flexibility index (Phi) is 4.94. The average Bonchev–Trinajstić information content (AvgIpc) is 2.69. The molecule has 114 valence electrons. The Bertz CT molecular complexity index is 565. The van der Waals surface area contributed by atoms with Crippen LogP contribution in [0.5, 0.6) is 0 Å². The van der Waals surface area contributed by atoms with E-state index in [1.807, 2.05) is 0 Å². The summed E-state index contributed by atoms with van der Waals surface area (Å²) in [7, 11) is 2.13. The van der Waals surface area contributed by atoms with Crippen LogP contribution in [0.25, 0.3) is 10.9 Å². The molecule has 3 rings (SSSR count). The maximum Gasteiger partial charge on any atom is 0.0481 e. The molecule has 21 heavy (non-hydrogen) atoms. The quantitative estimate of drug-likeness (QED) is 0.852. The molecular formula is C18H27N3. The number of benzene rings is 1. The molecule has 0 amide bonds. The van der Waals surface area contributed by atoms with Crippen molar-refractivity contribution in [1.29, 1.82) is 0 Å². The summed E-state index contributed by atoms with van der Waals surface area (Å²) in [6.45, 7) is 5.81. The van der Waals surface area contributed by atoms with Crippen LogP contribution in [0, 0.1) is 0 Å². The van der Waals surface area contributed by atoms with Crippen LogP contribution in [-0.2, 0) is 13.6 Å². The van der Waals surface area contributed by atoms with Gasteiger partial charge in [0, 0.05) is 43.8 Å². The Morgan fingerprint density at radius 1 is 1.05 bits per heavy atom. The lowest BCUT2D eigenvalue weighted by Crippen LogP contribution is -2.32. The van der Waals surface area contributed by atoms with Gasteiger partial charge in [0.15, 0.2) is 0 Å². The molecule has 1 aliphatic heterocycles. The Morgan fingerprint density at radius 2 is 1.81 bits per heavy atom. The van der Waals surface area contributed by atoms with Crippen LogP contribution in [0.3, 0.4) is 0 Å². The van der Waals surface area contributed by atoms with Gasteiger partial charge in [-0.1, -0.05) is 31.0 Å². The highest BCUT2D eigenvalue weighted by molar-refractivity contribution is 5.83. The lowest BCUT2D eigenvalue weighted by Gasteiger charge is -2.19. The molecule has 0 saturated carbocycles. The lowest BCUT2D eigenvalue weighted by molar-refractivity contribution is 0.284. The van der Waals surface area contributed by atoms with E-state index in [0.717, 1.165) is 13.1 Å². The molecule has 0 aliphatic carbocycles. The molecule has 3 heteroatoms. The van der Waals surface area contributed by atoms with Crippen molar-refractivity contribution in [2.45, 2.75) is 32.2 Å². The van der Waals surface area contributed by atoms with Crippen LogP contribution in [-0.4, -0.2) is 35.6 Å². The van der Waals surface area contributed by atoms with E-state index in [0.29, 0.717) is 0 Å². The van der Waals surface area contributed by atoms with Crippen molar-refractivity contribution in [3.63, 3.8) is 0 Å². The van der Waals surface area contributed by atoms with Crippen LogP contribution < -0.4 is 5.32 Å². The molecular weight excluding hydrogens is 258 g/mol. The first-order valence-electron chi connectivity index (χ1n) is 8.30. The van der Waals surface area contributed by atoms with Gasteiger partial charge in [-0.05, 0) is 37.6 Å². The maximum atomic E-state index is 3.62. The number of hydrogen-bond acceptors (Lipinski definition) is 2. The predicted octanol–water partition coefficient (Wildman–Crippen LogP) is 3.14. The van der Waals surface area contributed by atoms with Gasteiger partial charge in [-0.15, -0.1) is 0 Å². The summed E-state index contributed by atoms with van der Waals surface area (Å²) in [5.41, 5.74) is 2.73. The second-order valence-electron chi connectivity index (χ2n) is 6.22. The molecule has 1 aromatic carbocycles. The molecule has 1 saturated heterocycles. The molecule has 2 aromatic rings. The largest absolute Gasteiger partial charge is 0.350 e. The molecule has 1 N–H and O–H groups in total. The maximum absolute atomic E-state index is 3.62. The summed E-state index contributed by atoms with van der Waals surface area (Å²) >= 11 is 0. The van der Waals surface area contributed by atoms with Crippen LogP contribution in [0.1, 0.15) is 31.2 Å². The number of aryl methyl sites for hydroxylation is 1. The molecule has 2 heterocycles. The van der Waals surface area contributed by atoms with Gasteiger partial charge in [-0.2, -0.15) is 0 Å². The second-order valence-corrected chi connectivity index (χ2v) is 6.22. The third-order valence-electron chi connectivity index (χ3n) is 4.60. The first kappa shape index (κ1) is 14.6. The van der Waals surface area contributed by atoms with E-state index < -0.39 is 0 Å². The minimum Gasteiger partial charge on any atom is -0.350 e. The zero-order valence-corrected chi connectivity index (χ0v) is 13.1. The molecule has 0 bridgehead atoms. The number of nitrogens with one attached hydrogen (secondary N) is 1. The molecule has 0 unspecified atom stereocenters. The van der Waals surface area contributed by atoms with Crippen molar-refractivity contribution in [2.75, 3.05) is 26.2 Å². The molecule has 1 aliphatic rings. The van der Waals surface area contributed by atoms with E-state index in [9.17, 15) is 0 Å². The standard InChI is InChI=1S/C18H27N3/c1-20-15-16(17-8-4-5-9-18(17)20)14-19-10-13-21-11-6-2-3-7-12-21/h4-5,8-9,15,19H,2-3,6-7,10-14H2,1H3. The smallest absolute Gasteiger partial charge is 0.0481 e. The highest BCUT2D eigenvalue weighted by Crippen LogP contribution is 2.19. The summed E-state index contributed by atoms with van der Waals surface area (Å²) in [5, 5.41) is 5.00. The van der Waals surface area contributed by atoms with Crippen LogP contribution in [0.2, 0.25) is 0 Å². The van der Waals surface area contributed by atoms with E-state index in [-0.39, 0.29) is 0 Å². The first-order chi connectivity index (χ1) is 10.3. The molecule has 1 fully saturated rings. The highest BCUT2D eigenvalue weighted by Gasteiger charge is 2.09. The van der Waals surface area contributed by atoms with Gasteiger partial charge in [0.25, 0.3) is 0 Å². The zero-order chi connectivity index (χ0) is 14.5. The van der Waals surface area contributed by atoms with Crippen molar-refractivity contribution < 1.29 is 0 Å². The fourth-order valence-electron chi connectivity index (χ4n) is 3.39. The molecule has 0 atom stereocenters. The summed E-state index contributed by atoms with van der Waals surface area (Å²) in [6, 6.07) is 8.65. The normalized spacial score (nSPS) is 17.2. The van der Waals surface area contributed by atoms with E-state index in [1.54, 1.807) is 0 Å². The fourth-order valence-corrected chi connectivity index (χ4v) is 3.39. The summed E-state index contributed by atoms with van der Waals surface area (Å²) in [6.07, 6.45) is 7.84. The molecule has 3 nitrogen and oxygen atoms in total. The number of fused-ring (bicyclic) bond motifs is 1. The van der Waals surface area contributed by atoms with Crippen LogP contribution in [0.4, 0.5) is 0 Å². The summed E-state index contributed by atoms with van der Waals surface area (Å²) in [4.78, 5) is 2.61. The fraction of sp³-hybridized carbons (Fsp3) is 0.556. The number of para-hydroxylation sites is 1. The van der Waals surface area contributed by atoms with Crippen molar-refractivity contribution in [3.05, 3.63) is 36.0 Å². The number of rotatable bonds is 5. The Hall–Kier alpha value is -1.32. The van der Waals surface area contributed by atoms with Crippen molar-refractivity contribution in [1.82, 2.24) is 14.8 Å². The minimum absolute atomic E-state index is 0.967. The third kappa shape index (κ3) is 3.66. The van der Waals surface area contributed by atoms with Gasteiger partial charge in [0.05, 0.1) is 0 Å². The third-order valence-corrected chi connectivity index (χ3v) is 4.60. The van der Waals surface area contributed by atoms with E-state index >= 15 is 0 Å². The first-order valence-corrected chi connectivity index (χ1v) is 8.30. The van der Waals surface area contributed by atoms with Crippen LogP contribution in [0.15, 0.2) is 30.5 Å². The number of nitrogens with zero attached hydrogens (tertiary/aromatic N) is 2. The van der Waals surface area contributed by atoms with Gasteiger partial charge in [-0.3, -0.25) is 0 Å². The Labute approximate surface area is 127 Å². The SMILES string of the molecule is Cn1cc(CNCCN2CCCCCC2)c2ccccc21. The Balaban J connectivity index is 1.50. The van der Waals surface area contributed by atoms with Gasteiger partial charge in [-0.25, -0.2) is 0 Å². The molecule has 0 spiro atoms. The van der Waals surface area contributed by atoms with E-state index in [1.165, 1.54) is 61.8 Å². The van der Waals surface area contributed by atoms with E-state index in [2.05, 4.69) is 52.3 Å². The van der Waals surface area contributed by atoms with Crippen molar-refractivity contribution >= 4 is 10.9 Å². The van der Waals surface area contributed by atoms with Crippen molar-refractivity contribution in [3.8, 4) is 0 Å². The topological polar surface area (TPSA) is 20.2 Å². The van der Waals surface area contributed by atoms with Crippen LogP contribution >= 0.6 is 0 Å². The monoisotopic (exact) mass is 285 g/mol. The van der Waals surface area contributed by atoms with E-state index in [4.69, 9.17) is 0 Å². The molecule has 0 radical (unpaired) electrons. The zero-order valence-electron chi connectivity index (χ0n) is 13.1. The predicted molar refractivity (Wildman–Crippen MR) is 89.5 cm³/mol. The van der Waals surface area contributed by atoms with Gasteiger partial charge >= 0.3 is 0 Å². The number of hydrogen-bond donors (Lipinski definition) is 1. The number of aromatic nitrogens is 1. The summed E-state index contributed by atoms with van der Waals surface area (Å²) < 4.78 is 2.22. The summed E-state index contributed by atoms with van der Waals surface area (Å²) in [5.74, 6) is 0. The second kappa shape index (κ2) is 7.10. The Morgan fingerprint density at radius 3 is 2.62 bits per heavy atom.